The molecule has 1 aromatic heterocycles. The van der Waals surface area contributed by atoms with Gasteiger partial charge in [-0.15, -0.1) is 0 Å². The summed E-state index contributed by atoms with van der Waals surface area (Å²) in [6.45, 7) is 11.0. The normalized spacial score (nSPS) is 23.5. The molecule has 1 saturated carbocycles. The van der Waals surface area contributed by atoms with Crippen LogP contribution in [0.3, 0.4) is 0 Å². The number of anilines is 1. The number of aromatic nitrogens is 1. The number of nitriles is 1. The third-order valence-corrected chi connectivity index (χ3v) is 4.88. The fourth-order valence-electron chi connectivity index (χ4n) is 3.63. The largest absolute Gasteiger partial charge is 0.444 e. The Hall–Kier alpha value is -2.29. The average molecular weight is 356 g/mol. The fourth-order valence-corrected chi connectivity index (χ4v) is 3.63. The summed E-state index contributed by atoms with van der Waals surface area (Å²) < 4.78 is 5.55. The van der Waals surface area contributed by atoms with Gasteiger partial charge in [0.25, 0.3) is 0 Å². The van der Waals surface area contributed by atoms with Gasteiger partial charge in [-0.2, -0.15) is 5.26 Å². The van der Waals surface area contributed by atoms with Crippen molar-refractivity contribution < 1.29 is 9.53 Å². The molecule has 1 amide bonds. The highest BCUT2D eigenvalue weighted by molar-refractivity contribution is 5.69. The Bertz CT molecular complexity index is 718. The topological polar surface area (TPSA) is 69.5 Å². The maximum absolute atomic E-state index is 12.5. The van der Waals surface area contributed by atoms with Crippen molar-refractivity contribution in [3.63, 3.8) is 0 Å². The number of carbonyl (C=O) groups is 1. The average Bonchev–Trinajstić information content (AvgIpc) is 3.36. The van der Waals surface area contributed by atoms with Crippen LogP contribution >= 0.6 is 0 Å². The second-order valence-electron chi connectivity index (χ2n) is 8.48. The van der Waals surface area contributed by atoms with E-state index >= 15 is 0 Å². The van der Waals surface area contributed by atoms with E-state index in [1.54, 1.807) is 0 Å². The van der Waals surface area contributed by atoms with E-state index in [0.717, 1.165) is 24.2 Å². The highest BCUT2D eigenvalue weighted by atomic mass is 16.6. The lowest BCUT2D eigenvalue weighted by Gasteiger charge is -2.44. The first-order chi connectivity index (χ1) is 12.2. The van der Waals surface area contributed by atoms with Crippen LogP contribution in [0.1, 0.15) is 64.6 Å². The number of rotatable bonds is 2. The van der Waals surface area contributed by atoms with Crippen molar-refractivity contribution in [1.82, 2.24) is 9.88 Å². The van der Waals surface area contributed by atoms with Crippen LogP contribution in [0.4, 0.5) is 10.6 Å². The van der Waals surface area contributed by atoms with Gasteiger partial charge in [-0.3, -0.25) is 4.90 Å². The number of nitrogens with zero attached hydrogens (tertiary/aromatic N) is 4. The second kappa shape index (κ2) is 6.79. The van der Waals surface area contributed by atoms with Gasteiger partial charge >= 0.3 is 6.09 Å². The molecule has 2 fully saturated rings. The lowest BCUT2D eigenvalue weighted by atomic mass is 10.1. The molecule has 2 aliphatic rings. The van der Waals surface area contributed by atoms with Crippen LogP contribution in [-0.4, -0.2) is 46.8 Å². The molecule has 140 valence electrons. The summed E-state index contributed by atoms with van der Waals surface area (Å²) in [6, 6.07) is 6.32. The molecule has 26 heavy (non-hydrogen) atoms. The molecule has 1 aliphatic carbocycles. The molecule has 1 saturated heterocycles. The van der Waals surface area contributed by atoms with E-state index in [-0.39, 0.29) is 18.2 Å². The summed E-state index contributed by atoms with van der Waals surface area (Å²) in [5.41, 5.74) is 1.11. The predicted octanol–water partition coefficient (Wildman–Crippen LogP) is 3.66. The maximum Gasteiger partial charge on any atom is 0.410 e. The Kier molecular flexibility index (Phi) is 4.83. The van der Waals surface area contributed by atoms with E-state index < -0.39 is 5.60 Å². The van der Waals surface area contributed by atoms with Crippen molar-refractivity contribution in [3.8, 4) is 6.07 Å². The van der Waals surface area contributed by atoms with Gasteiger partial charge in [0.15, 0.2) is 0 Å². The van der Waals surface area contributed by atoms with Gasteiger partial charge in [0, 0.05) is 13.1 Å². The molecule has 1 aromatic rings. The third kappa shape index (κ3) is 3.92. The zero-order valence-electron chi connectivity index (χ0n) is 16.3. The smallest absolute Gasteiger partial charge is 0.410 e. The van der Waals surface area contributed by atoms with Crippen LogP contribution in [0.25, 0.3) is 0 Å². The van der Waals surface area contributed by atoms with E-state index in [0.29, 0.717) is 24.7 Å². The van der Waals surface area contributed by atoms with E-state index in [1.807, 2.05) is 51.7 Å². The molecule has 0 bridgehead atoms. The number of piperazine rings is 1. The van der Waals surface area contributed by atoms with Gasteiger partial charge < -0.3 is 9.64 Å². The lowest BCUT2D eigenvalue weighted by Crippen LogP contribution is -2.59. The summed E-state index contributed by atoms with van der Waals surface area (Å²) in [5, 5.41) is 9.44. The van der Waals surface area contributed by atoms with Gasteiger partial charge in [-0.1, -0.05) is 6.07 Å². The fraction of sp³-hybridized carbons (Fsp3) is 0.650. The minimum absolute atomic E-state index is 0.00374. The van der Waals surface area contributed by atoms with E-state index in [4.69, 9.17) is 4.74 Å². The Morgan fingerprint density at radius 3 is 2.35 bits per heavy atom. The predicted molar refractivity (Wildman–Crippen MR) is 100 cm³/mol. The number of ether oxygens (including phenoxy) is 1. The van der Waals surface area contributed by atoms with E-state index in [1.165, 1.54) is 0 Å². The van der Waals surface area contributed by atoms with Crippen LogP contribution in [0.2, 0.25) is 0 Å². The Morgan fingerprint density at radius 2 is 1.85 bits per heavy atom. The Labute approximate surface area is 155 Å². The van der Waals surface area contributed by atoms with Crippen molar-refractivity contribution in [2.75, 3.05) is 18.0 Å². The Balaban J connectivity index is 1.75. The summed E-state index contributed by atoms with van der Waals surface area (Å²) >= 11 is 0. The van der Waals surface area contributed by atoms with Gasteiger partial charge in [0.05, 0.1) is 12.1 Å². The van der Waals surface area contributed by atoms with Crippen molar-refractivity contribution in [1.29, 1.82) is 5.26 Å². The molecule has 0 radical (unpaired) electrons. The van der Waals surface area contributed by atoms with Crippen LogP contribution in [0, 0.1) is 11.3 Å². The highest BCUT2D eigenvalue weighted by Gasteiger charge is 2.36. The monoisotopic (exact) mass is 356 g/mol. The van der Waals surface area contributed by atoms with Gasteiger partial charge in [0.2, 0.25) is 0 Å². The molecule has 2 atom stereocenters. The molecule has 0 N–H and O–H groups in total. The SMILES string of the molecule is C[C@@H]1CN(c2ccc(C3CC3)c(C#N)n2)C[C@H](C)N1C(=O)OC(C)(C)C. The molecule has 1 aliphatic heterocycles. The molecule has 6 nitrogen and oxygen atoms in total. The van der Waals surface area contributed by atoms with Gasteiger partial charge in [-0.25, -0.2) is 9.78 Å². The molecule has 0 unspecified atom stereocenters. The summed E-state index contributed by atoms with van der Waals surface area (Å²) in [4.78, 5) is 21.1. The number of hydrogen-bond donors (Lipinski definition) is 0. The second-order valence-corrected chi connectivity index (χ2v) is 8.48. The summed E-state index contributed by atoms with van der Waals surface area (Å²) in [7, 11) is 0. The number of hydrogen-bond acceptors (Lipinski definition) is 5. The minimum Gasteiger partial charge on any atom is -0.444 e. The van der Waals surface area contributed by atoms with E-state index in [2.05, 4.69) is 16.0 Å². The molecular weight excluding hydrogens is 328 g/mol. The van der Waals surface area contributed by atoms with Crippen molar-refractivity contribution in [3.05, 3.63) is 23.4 Å². The minimum atomic E-state index is -0.504. The number of carbonyl (C=O) groups excluding carboxylic acids is 1. The molecule has 0 spiro atoms. The van der Waals surface area contributed by atoms with E-state index in [9.17, 15) is 10.1 Å². The molecule has 6 heteroatoms. The first-order valence-electron chi connectivity index (χ1n) is 9.37. The van der Waals surface area contributed by atoms with Crippen LogP contribution < -0.4 is 4.90 Å². The first-order valence-corrected chi connectivity index (χ1v) is 9.37. The van der Waals surface area contributed by atoms with Crippen molar-refractivity contribution in [2.45, 2.75) is 71.1 Å². The molecular formula is C20H28N4O2. The molecule has 0 aromatic carbocycles. The van der Waals surface area contributed by atoms with Crippen LogP contribution in [-0.2, 0) is 4.74 Å². The standard InChI is InChI=1S/C20H28N4O2/c1-13-11-23(12-14(2)24(13)19(25)26-20(3,4)5)18-9-8-16(15-6-7-15)17(10-21)22-18/h8-9,13-15H,6-7,11-12H2,1-5H3/t13-,14+. The first kappa shape index (κ1) is 18.5. The summed E-state index contributed by atoms with van der Waals surface area (Å²) in [6.07, 6.45) is 2.03. The third-order valence-electron chi connectivity index (χ3n) is 4.88. The quantitative estimate of drug-likeness (QED) is 0.809. The van der Waals surface area contributed by atoms with Gasteiger partial charge in [-0.05, 0) is 65.0 Å². The molecule has 3 rings (SSSR count). The summed E-state index contributed by atoms with van der Waals surface area (Å²) in [5.74, 6) is 1.32. The molecule has 2 heterocycles. The van der Waals surface area contributed by atoms with Crippen LogP contribution in [0.15, 0.2) is 12.1 Å². The number of pyridine rings is 1. The zero-order valence-corrected chi connectivity index (χ0v) is 16.3. The van der Waals surface area contributed by atoms with Crippen molar-refractivity contribution >= 4 is 11.9 Å². The van der Waals surface area contributed by atoms with Gasteiger partial charge in [0.1, 0.15) is 23.2 Å². The zero-order chi connectivity index (χ0) is 19.1. The maximum atomic E-state index is 12.5. The lowest BCUT2D eigenvalue weighted by molar-refractivity contribution is 0.00560. The Morgan fingerprint density at radius 1 is 1.23 bits per heavy atom. The van der Waals surface area contributed by atoms with Crippen LogP contribution in [0.5, 0.6) is 0 Å². The van der Waals surface area contributed by atoms with Crippen molar-refractivity contribution in [2.24, 2.45) is 0 Å². The number of amides is 1. The highest BCUT2D eigenvalue weighted by Crippen LogP contribution is 2.41.